The minimum Gasteiger partial charge on any atom is -0.395 e. The van der Waals surface area contributed by atoms with Gasteiger partial charge in [-0.1, -0.05) is 6.07 Å². The molecule has 2 aliphatic rings. The molecule has 1 aromatic carbocycles. The zero-order valence-corrected chi connectivity index (χ0v) is 14.2. The summed E-state index contributed by atoms with van der Waals surface area (Å²) in [7, 11) is 0. The lowest BCUT2D eigenvalue weighted by Crippen LogP contribution is -2.55. The second-order valence-electron chi connectivity index (χ2n) is 6.22. The first kappa shape index (κ1) is 17.6. The Hall–Kier alpha value is -2.85. The van der Waals surface area contributed by atoms with Crippen molar-refractivity contribution in [1.29, 1.82) is 0 Å². The van der Waals surface area contributed by atoms with Gasteiger partial charge in [0.2, 0.25) is 5.91 Å². The number of anilines is 1. The van der Waals surface area contributed by atoms with E-state index in [2.05, 4.69) is 30.1 Å². The van der Waals surface area contributed by atoms with Gasteiger partial charge in [-0.15, -0.1) is 8.78 Å². The second-order valence-corrected chi connectivity index (χ2v) is 6.22. The standard InChI is InChI=1S/C17H17F2N5O3/c18-17(19)26-13-2-1-11(7-14(13)27-17)9-24-6-5-20-8-12(24)16(25)23-15-3-4-21-10-22-15/h1-4,7,10,12,20H,5-6,8-9H2,(H,21,22,23,25). The Morgan fingerprint density at radius 2 is 2.19 bits per heavy atom. The molecule has 10 heteroatoms. The number of ether oxygens (including phenoxy) is 2. The molecule has 1 saturated heterocycles. The predicted molar refractivity (Wildman–Crippen MR) is 90.4 cm³/mol. The summed E-state index contributed by atoms with van der Waals surface area (Å²) < 4.78 is 35.3. The van der Waals surface area contributed by atoms with Crippen LogP contribution in [0.1, 0.15) is 5.56 Å². The quantitative estimate of drug-likeness (QED) is 0.828. The van der Waals surface area contributed by atoms with Crippen molar-refractivity contribution in [2.24, 2.45) is 0 Å². The second kappa shape index (κ2) is 7.05. The summed E-state index contributed by atoms with van der Waals surface area (Å²) in [6, 6.07) is 5.82. The van der Waals surface area contributed by atoms with Crippen LogP contribution in [-0.4, -0.2) is 52.7 Å². The number of rotatable bonds is 4. The Morgan fingerprint density at radius 1 is 1.33 bits per heavy atom. The molecular weight excluding hydrogens is 360 g/mol. The number of hydrogen-bond donors (Lipinski definition) is 2. The number of halogens is 2. The number of carbonyl (C=O) groups excluding carboxylic acids is 1. The Morgan fingerprint density at radius 3 is 3.00 bits per heavy atom. The van der Waals surface area contributed by atoms with Crippen LogP contribution in [0.15, 0.2) is 36.8 Å². The van der Waals surface area contributed by atoms with Gasteiger partial charge < -0.3 is 20.1 Å². The Bertz CT molecular complexity index is 837. The first-order chi connectivity index (χ1) is 13.0. The molecule has 1 aromatic heterocycles. The maximum atomic E-state index is 13.2. The zero-order chi connectivity index (χ0) is 18.9. The maximum absolute atomic E-state index is 13.2. The lowest BCUT2D eigenvalue weighted by atomic mass is 10.1. The minimum absolute atomic E-state index is 0.00196. The maximum Gasteiger partial charge on any atom is 0.586 e. The molecule has 0 bridgehead atoms. The molecule has 142 valence electrons. The highest BCUT2D eigenvalue weighted by molar-refractivity contribution is 5.94. The summed E-state index contributed by atoms with van der Waals surface area (Å²) in [5, 5.41) is 5.95. The fraction of sp³-hybridized carbons (Fsp3) is 0.353. The normalized spacial score (nSPS) is 21.0. The van der Waals surface area contributed by atoms with Gasteiger partial charge in [-0.3, -0.25) is 9.69 Å². The highest BCUT2D eigenvalue weighted by Crippen LogP contribution is 2.41. The first-order valence-electron chi connectivity index (χ1n) is 8.41. The number of nitrogens with one attached hydrogen (secondary N) is 2. The summed E-state index contributed by atoms with van der Waals surface area (Å²) in [4.78, 5) is 22.4. The third-order valence-electron chi connectivity index (χ3n) is 4.34. The molecule has 1 atom stereocenters. The number of fused-ring (bicyclic) bond motifs is 1. The summed E-state index contributed by atoms with van der Waals surface area (Å²) in [5.74, 6) is 0.218. The third-order valence-corrected chi connectivity index (χ3v) is 4.34. The molecule has 2 N–H and O–H groups in total. The Labute approximate surface area is 153 Å². The molecular formula is C17H17F2N5O3. The molecule has 0 spiro atoms. The van der Waals surface area contributed by atoms with Crippen molar-refractivity contribution in [3.8, 4) is 11.5 Å². The van der Waals surface area contributed by atoms with Crippen LogP contribution in [0.25, 0.3) is 0 Å². The van der Waals surface area contributed by atoms with Crippen molar-refractivity contribution in [3.63, 3.8) is 0 Å². The fourth-order valence-corrected chi connectivity index (χ4v) is 3.09. The van der Waals surface area contributed by atoms with Crippen LogP contribution in [0.5, 0.6) is 11.5 Å². The van der Waals surface area contributed by atoms with E-state index >= 15 is 0 Å². The minimum atomic E-state index is -3.64. The average Bonchev–Trinajstić information content (AvgIpc) is 2.96. The summed E-state index contributed by atoms with van der Waals surface area (Å²) in [6.45, 7) is 2.23. The summed E-state index contributed by atoms with van der Waals surface area (Å²) in [6.07, 6.45) is -0.743. The van der Waals surface area contributed by atoms with E-state index in [9.17, 15) is 13.6 Å². The SMILES string of the molecule is O=C(Nc1ccncn1)C1CNCCN1Cc1ccc2c(c1)OC(F)(F)O2. The average molecular weight is 377 g/mol. The van der Waals surface area contributed by atoms with Gasteiger partial charge in [0.15, 0.2) is 11.5 Å². The molecule has 4 rings (SSSR count). The number of piperazine rings is 1. The van der Waals surface area contributed by atoms with Crippen LogP contribution in [0.4, 0.5) is 14.6 Å². The predicted octanol–water partition coefficient (Wildman–Crippen LogP) is 1.21. The first-order valence-corrected chi connectivity index (χ1v) is 8.41. The number of alkyl halides is 2. The van der Waals surface area contributed by atoms with E-state index < -0.39 is 12.3 Å². The van der Waals surface area contributed by atoms with Crippen LogP contribution in [-0.2, 0) is 11.3 Å². The smallest absolute Gasteiger partial charge is 0.395 e. The molecule has 3 heterocycles. The molecule has 27 heavy (non-hydrogen) atoms. The number of carbonyl (C=O) groups is 1. The van der Waals surface area contributed by atoms with Gasteiger partial charge in [0.25, 0.3) is 0 Å². The number of hydrogen-bond acceptors (Lipinski definition) is 7. The Balaban J connectivity index is 1.46. The van der Waals surface area contributed by atoms with Crippen LogP contribution >= 0.6 is 0 Å². The van der Waals surface area contributed by atoms with Gasteiger partial charge in [0.05, 0.1) is 0 Å². The highest BCUT2D eigenvalue weighted by atomic mass is 19.3. The molecule has 0 saturated carbocycles. The monoisotopic (exact) mass is 377 g/mol. The lowest BCUT2D eigenvalue weighted by Gasteiger charge is -2.35. The summed E-state index contributed by atoms with van der Waals surface area (Å²) >= 11 is 0. The largest absolute Gasteiger partial charge is 0.586 e. The van der Waals surface area contributed by atoms with Crippen molar-refractivity contribution in [2.45, 2.75) is 18.9 Å². The lowest BCUT2D eigenvalue weighted by molar-refractivity contribution is -0.286. The molecule has 8 nitrogen and oxygen atoms in total. The molecule has 0 aliphatic carbocycles. The number of aromatic nitrogens is 2. The van der Waals surface area contributed by atoms with Crippen molar-refractivity contribution < 1.29 is 23.0 Å². The van der Waals surface area contributed by atoms with E-state index in [0.717, 1.165) is 12.1 Å². The molecule has 0 radical (unpaired) electrons. The van der Waals surface area contributed by atoms with Gasteiger partial charge in [0.1, 0.15) is 18.2 Å². The van der Waals surface area contributed by atoms with Crippen molar-refractivity contribution in [1.82, 2.24) is 20.2 Å². The van der Waals surface area contributed by atoms with Crippen LogP contribution in [0.2, 0.25) is 0 Å². The summed E-state index contributed by atoms with van der Waals surface area (Å²) in [5.41, 5.74) is 0.747. The van der Waals surface area contributed by atoms with E-state index in [4.69, 9.17) is 0 Å². The van der Waals surface area contributed by atoms with Crippen molar-refractivity contribution >= 4 is 11.7 Å². The topological polar surface area (TPSA) is 88.6 Å². The van der Waals surface area contributed by atoms with E-state index in [1.54, 1.807) is 18.3 Å². The van der Waals surface area contributed by atoms with Gasteiger partial charge in [-0.2, -0.15) is 0 Å². The van der Waals surface area contributed by atoms with E-state index in [1.807, 2.05) is 4.90 Å². The molecule has 2 aliphatic heterocycles. The van der Waals surface area contributed by atoms with Crippen LogP contribution in [0, 0.1) is 0 Å². The molecule has 1 unspecified atom stereocenters. The van der Waals surface area contributed by atoms with Crippen LogP contribution in [0.3, 0.4) is 0 Å². The zero-order valence-electron chi connectivity index (χ0n) is 14.2. The van der Waals surface area contributed by atoms with Crippen molar-refractivity contribution in [2.75, 3.05) is 25.0 Å². The highest BCUT2D eigenvalue weighted by Gasteiger charge is 2.43. The van der Waals surface area contributed by atoms with E-state index in [0.29, 0.717) is 25.5 Å². The Kier molecular flexibility index (Phi) is 4.58. The molecule has 2 aromatic rings. The van der Waals surface area contributed by atoms with Gasteiger partial charge in [-0.05, 0) is 23.8 Å². The van der Waals surface area contributed by atoms with Gasteiger partial charge >= 0.3 is 6.29 Å². The molecule has 1 fully saturated rings. The molecule has 1 amide bonds. The van der Waals surface area contributed by atoms with Gasteiger partial charge in [-0.25, -0.2) is 9.97 Å². The number of nitrogens with zero attached hydrogens (tertiary/aromatic N) is 3. The van der Waals surface area contributed by atoms with Crippen LogP contribution < -0.4 is 20.1 Å². The van der Waals surface area contributed by atoms with Gasteiger partial charge in [0, 0.05) is 32.4 Å². The van der Waals surface area contributed by atoms with Crippen molar-refractivity contribution in [3.05, 3.63) is 42.4 Å². The fourth-order valence-electron chi connectivity index (χ4n) is 3.09. The number of amides is 1. The third kappa shape index (κ3) is 3.96. The number of benzene rings is 1. The van der Waals surface area contributed by atoms with E-state index in [-0.39, 0.29) is 17.4 Å². The van der Waals surface area contributed by atoms with E-state index in [1.165, 1.54) is 18.5 Å².